The zero-order valence-electron chi connectivity index (χ0n) is 12.1. The van der Waals surface area contributed by atoms with E-state index in [0.717, 1.165) is 13.0 Å². The van der Waals surface area contributed by atoms with Crippen LogP contribution in [0.1, 0.15) is 51.2 Å². The van der Waals surface area contributed by atoms with Crippen molar-refractivity contribution >= 4 is 0 Å². The molecule has 1 heteroatoms. The average Bonchev–Trinajstić information content (AvgIpc) is 3.14. The van der Waals surface area contributed by atoms with Crippen molar-refractivity contribution in [2.75, 3.05) is 6.54 Å². The molecule has 0 saturated heterocycles. The Labute approximate surface area is 112 Å². The maximum atomic E-state index is 3.75. The predicted molar refractivity (Wildman–Crippen MR) is 78.9 cm³/mol. The van der Waals surface area contributed by atoms with Gasteiger partial charge in [0, 0.05) is 6.04 Å². The molecule has 0 bridgehead atoms. The largest absolute Gasteiger partial charge is 0.313 e. The number of hydrogen-bond acceptors (Lipinski definition) is 1. The van der Waals surface area contributed by atoms with Gasteiger partial charge in [-0.15, -0.1) is 0 Å². The molecular weight excluding hydrogens is 218 g/mol. The zero-order valence-corrected chi connectivity index (χ0v) is 12.1. The molecule has 1 nitrogen and oxygen atoms in total. The molecule has 1 saturated carbocycles. The molecule has 1 aromatic carbocycles. The first-order valence-electron chi connectivity index (χ1n) is 7.49. The topological polar surface area (TPSA) is 12.0 Å². The lowest BCUT2D eigenvalue weighted by molar-refractivity contribution is 0.354. The Kier molecular flexibility index (Phi) is 4.45. The van der Waals surface area contributed by atoms with Gasteiger partial charge in [0.2, 0.25) is 0 Å². The van der Waals surface area contributed by atoms with Crippen LogP contribution in [-0.4, -0.2) is 12.6 Å². The normalized spacial score (nSPS) is 18.6. The van der Waals surface area contributed by atoms with Crippen molar-refractivity contribution in [3.63, 3.8) is 0 Å². The van der Waals surface area contributed by atoms with Gasteiger partial charge in [-0.1, -0.05) is 45.0 Å². The second-order valence-electron chi connectivity index (χ2n) is 6.03. The lowest BCUT2D eigenvalue weighted by Crippen LogP contribution is -2.38. The van der Waals surface area contributed by atoms with Crippen LogP contribution in [0.5, 0.6) is 0 Å². The number of nitrogens with one attached hydrogen (secondary N) is 1. The fourth-order valence-electron chi connectivity index (χ4n) is 2.58. The molecule has 0 spiro atoms. The van der Waals surface area contributed by atoms with Gasteiger partial charge in [-0.05, 0) is 55.2 Å². The van der Waals surface area contributed by atoms with E-state index in [4.69, 9.17) is 0 Å². The lowest BCUT2D eigenvalue weighted by Gasteiger charge is -2.25. The number of hydrogen-bond donors (Lipinski definition) is 1. The number of rotatable bonds is 7. The molecule has 0 radical (unpaired) electrons. The van der Waals surface area contributed by atoms with E-state index in [1.807, 2.05) is 0 Å². The minimum absolute atomic E-state index is 0.554. The van der Waals surface area contributed by atoms with E-state index >= 15 is 0 Å². The Morgan fingerprint density at radius 3 is 2.22 bits per heavy atom. The van der Waals surface area contributed by atoms with Gasteiger partial charge in [0.15, 0.2) is 0 Å². The molecule has 0 amide bonds. The molecule has 1 unspecified atom stereocenters. The molecule has 100 valence electrons. The summed E-state index contributed by atoms with van der Waals surface area (Å²) < 4.78 is 0. The molecule has 0 aliphatic heterocycles. The highest BCUT2D eigenvalue weighted by Crippen LogP contribution is 2.48. The highest BCUT2D eigenvalue weighted by Gasteiger charge is 2.44. The summed E-state index contributed by atoms with van der Waals surface area (Å²) in [5.74, 6) is 0. The summed E-state index contributed by atoms with van der Waals surface area (Å²) in [5, 5.41) is 3.75. The van der Waals surface area contributed by atoms with Crippen LogP contribution in [0.4, 0.5) is 0 Å². The quantitative estimate of drug-likeness (QED) is 0.766. The van der Waals surface area contributed by atoms with E-state index in [1.54, 1.807) is 0 Å². The molecule has 1 aliphatic carbocycles. The minimum Gasteiger partial charge on any atom is -0.313 e. The summed E-state index contributed by atoms with van der Waals surface area (Å²) >= 11 is 0. The van der Waals surface area contributed by atoms with Crippen LogP contribution in [-0.2, 0) is 12.8 Å². The van der Waals surface area contributed by atoms with Gasteiger partial charge in [0.05, 0.1) is 0 Å². The van der Waals surface area contributed by atoms with Gasteiger partial charge < -0.3 is 5.32 Å². The van der Waals surface area contributed by atoms with Gasteiger partial charge in [-0.2, -0.15) is 0 Å². The summed E-state index contributed by atoms with van der Waals surface area (Å²) in [5.41, 5.74) is 3.47. The standard InChI is InChI=1S/C17H27N/c1-4-12-18-16(17(3)10-11-17)13-15-8-6-14(5-2)7-9-15/h6-9,16,18H,4-5,10-13H2,1-3H3. The van der Waals surface area contributed by atoms with Crippen molar-refractivity contribution in [3.05, 3.63) is 35.4 Å². The second kappa shape index (κ2) is 5.88. The Balaban J connectivity index is 1.98. The Hall–Kier alpha value is -0.820. The summed E-state index contributed by atoms with van der Waals surface area (Å²) in [6, 6.07) is 9.84. The molecule has 1 aromatic rings. The molecule has 0 heterocycles. The van der Waals surface area contributed by atoms with Crippen LogP contribution in [0.15, 0.2) is 24.3 Å². The van der Waals surface area contributed by atoms with Gasteiger partial charge in [-0.25, -0.2) is 0 Å². The Morgan fingerprint density at radius 2 is 1.72 bits per heavy atom. The molecule has 1 atom stereocenters. The smallest absolute Gasteiger partial charge is 0.0161 e. The third kappa shape index (κ3) is 3.35. The van der Waals surface area contributed by atoms with Crippen LogP contribution in [0.2, 0.25) is 0 Å². The number of aryl methyl sites for hydroxylation is 1. The molecule has 1 aliphatic rings. The van der Waals surface area contributed by atoms with Crippen LogP contribution in [0.25, 0.3) is 0 Å². The van der Waals surface area contributed by atoms with Crippen molar-refractivity contribution in [1.29, 1.82) is 0 Å². The van der Waals surface area contributed by atoms with Crippen molar-refractivity contribution < 1.29 is 0 Å². The third-order valence-electron chi connectivity index (χ3n) is 4.39. The highest BCUT2D eigenvalue weighted by atomic mass is 14.9. The summed E-state index contributed by atoms with van der Waals surface area (Å²) in [4.78, 5) is 0. The van der Waals surface area contributed by atoms with E-state index in [0.29, 0.717) is 11.5 Å². The predicted octanol–water partition coefficient (Wildman–Crippen LogP) is 3.96. The molecule has 1 N–H and O–H groups in total. The van der Waals surface area contributed by atoms with E-state index in [1.165, 1.54) is 36.8 Å². The van der Waals surface area contributed by atoms with Crippen LogP contribution in [0.3, 0.4) is 0 Å². The summed E-state index contributed by atoms with van der Waals surface area (Å²) in [6.45, 7) is 8.04. The Morgan fingerprint density at radius 1 is 1.11 bits per heavy atom. The second-order valence-corrected chi connectivity index (χ2v) is 6.03. The number of benzene rings is 1. The molecule has 18 heavy (non-hydrogen) atoms. The molecular formula is C17H27N. The monoisotopic (exact) mass is 245 g/mol. The van der Waals surface area contributed by atoms with Gasteiger partial charge in [-0.3, -0.25) is 0 Å². The van der Waals surface area contributed by atoms with Crippen LogP contribution in [0, 0.1) is 5.41 Å². The fourth-order valence-corrected chi connectivity index (χ4v) is 2.58. The maximum absolute atomic E-state index is 3.75. The fraction of sp³-hybridized carbons (Fsp3) is 0.647. The van der Waals surface area contributed by atoms with E-state index in [-0.39, 0.29) is 0 Å². The van der Waals surface area contributed by atoms with Crippen molar-refractivity contribution in [2.45, 2.75) is 58.9 Å². The Bertz CT molecular complexity index is 362. The van der Waals surface area contributed by atoms with E-state index < -0.39 is 0 Å². The maximum Gasteiger partial charge on any atom is 0.0161 e. The van der Waals surface area contributed by atoms with E-state index in [9.17, 15) is 0 Å². The van der Waals surface area contributed by atoms with Crippen molar-refractivity contribution in [2.24, 2.45) is 5.41 Å². The van der Waals surface area contributed by atoms with Crippen molar-refractivity contribution in [3.8, 4) is 0 Å². The van der Waals surface area contributed by atoms with Gasteiger partial charge in [0.25, 0.3) is 0 Å². The van der Waals surface area contributed by atoms with Crippen LogP contribution >= 0.6 is 0 Å². The average molecular weight is 245 g/mol. The first-order valence-corrected chi connectivity index (χ1v) is 7.49. The molecule has 1 fully saturated rings. The van der Waals surface area contributed by atoms with Gasteiger partial charge in [0.1, 0.15) is 0 Å². The van der Waals surface area contributed by atoms with Crippen molar-refractivity contribution in [1.82, 2.24) is 5.32 Å². The van der Waals surface area contributed by atoms with Gasteiger partial charge >= 0.3 is 0 Å². The zero-order chi connectivity index (χ0) is 13.0. The highest BCUT2D eigenvalue weighted by molar-refractivity contribution is 5.24. The molecule has 0 aromatic heterocycles. The van der Waals surface area contributed by atoms with E-state index in [2.05, 4.69) is 50.4 Å². The summed E-state index contributed by atoms with van der Waals surface area (Å²) in [7, 11) is 0. The minimum atomic E-state index is 0.554. The molecule has 2 rings (SSSR count). The first kappa shape index (κ1) is 13.6. The first-order chi connectivity index (χ1) is 8.68. The summed E-state index contributed by atoms with van der Waals surface area (Å²) in [6.07, 6.45) is 6.32. The SMILES string of the molecule is CCCNC(Cc1ccc(CC)cc1)C1(C)CC1. The van der Waals surface area contributed by atoms with Crippen LogP contribution < -0.4 is 5.32 Å². The third-order valence-corrected chi connectivity index (χ3v) is 4.39. The lowest BCUT2D eigenvalue weighted by atomic mass is 9.92.